The van der Waals surface area contributed by atoms with Crippen molar-refractivity contribution in [2.24, 2.45) is 0 Å². The molecule has 1 aromatic carbocycles. The molecule has 1 N–H and O–H groups in total. The van der Waals surface area contributed by atoms with Crippen LogP contribution in [0.5, 0.6) is 0 Å². The van der Waals surface area contributed by atoms with Gasteiger partial charge in [0.25, 0.3) is 0 Å². The van der Waals surface area contributed by atoms with Gasteiger partial charge in [-0.15, -0.1) is 10.2 Å². The third kappa shape index (κ3) is 3.05. The molecule has 1 fully saturated rings. The van der Waals surface area contributed by atoms with Crippen molar-refractivity contribution in [3.05, 3.63) is 30.2 Å². The van der Waals surface area contributed by atoms with Crippen molar-refractivity contribution in [2.45, 2.75) is 30.3 Å². The number of nitrogens with zero attached hydrogens (tertiary/aromatic N) is 2. The summed E-state index contributed by atoms with van der Waals surface area (Å²) >= 11 is 0. The summed E-state index contributed by atoms with van der Waals surface area (Å²) in [7, 11) is -3.24. The summed E-state index contributed by atoms with van der Waals surface area (Å²) < 4.78 is 28.6. The third-order valence-electron chi connectivity index (χ3n) is 3.10. The average Bonchev–Trinajstić information content (AvgIpc) is 3.12. The summed E-state index contributed by atoms with van der Waals surface area (Å²) in [5.41, 5.74) is 0.609. The Morgan fingerprint density at radius 1 is 1.35 bits per heavy atom. The quantitative estimate of drug-likeness (QED) is 0.896. The molecule has 0 atom stereocenters. The molecule has 1 heterocycles. The first-order valence-electron chi connectivity index (χ1n) is 6.38. The molecule has 7 heteroatoms. The van der Waals surface area contributed by atoms with Crippen LogP contribution in [0.4, 0.5) is 0 Å². The first-order valence-corrected chi connectivity index (χ1v) is 8.28. The first kappa shape index (κ1) is 13.3. The molecule has 0 radical (unpaired) electrons. The summed E-state index contributed by atoms with van der Waals surface area (Å²) in [5.74, 6) is 0.847. The molecule has 1 aliphatic carbocycles. The zero-order valence-corrected chi connectivity index (χ0v) is 11.9. The monoisotopic (exact) mass is 293 g/mol. The Morgan fingerprint density at radius 2 is 2.15 bits per heavy atom. The summed E-state index contributed by atoms with van der Waals surface area (Å²) in [6.45, 7) is 0.545. The Hall–Kier alpha value is -1.73. The van der Waals surface area contributed by atoms with E-state index in [1.807, 2.05) is 0 Å². The van der Waals surface area contributed by atoms with Crippen molar-refractivity contribution in [3.63, 3.8) is 0 Å². The van der Waals surface area contributed by atoms with Gasteiger partial charge in [0.15, 0.2) is 9.84 Å². The Morgan fingerprint density at radius 3 is 2.85 bits per heavy atom. The van der Waals surface area contributed by atoms with Crippen LogP contribution in [-0.2, 0) is 16.4 Å². The predicted molar refractivity (Wildman–Crippen MR) is 72.7 cm³/mol. The number of hydrogen-bond acceptors (Lipinski definition) is 6. The molecule has 0 bridgehead atoms. The van der Waals surface area contributed by atoms with E-state index in [0.29, 0.717) is 29.9 Å². The fourth-order valence-corrected chi connectivity index (χ4v) is 2.49. The molecule has 1 saturated carbocycles. The normalized spacial score (nSPS) is 15.4. The second-order valence-corrected chi connectivity index (χ2v) is 6.97. The predicted octanol–water partition coefficient (Wildman–Crippen LogP) is 1.39. The summed E-state index contributed by atoms with van der Waals surface area (Å²) in [4.78, 5) is 0.242. The summed E-state index contributed by atoms with van der Waals surface area (Å²) in [6.07, 6.45) is 3.56. The molecule has 3 rings (SSSR count). The van der Waals surface area contributed by atoms with Crippen molar-refractivity contribution >= 4 is 9.84 Å². The Bertz CT molecular complexity index is 720. The van der Waals surface area contributed by atoms with Gasteiger partial charge in [0.1, 0.15) is 0 Å². The highest BCUT2D eigenvalue weighted by Gasteiger charge is 2.21. The lowest BCUT2D eigenvalue weighted by atomic mass is 10.2. The molecular weight excluding hydrogens is 278 g/mol. The second-order valence-electron chi connectivity index (χ2n) is 4.96. The molecule has 0 amide bonds. The lowest BCUT2D eigenvalue weighted by Gasteiger charge is -2.00. The fraction of sp³-hybridized carbons (Fsp3) is 0.385. The van der Waals surface area contributed by atoms with Gasteiger partial charge in [-0.25, -0.2) is 8.42 Å². The molecule has 0 spiro atoms. The maximum atomic E-state index is 11.5. The van der Waals surface area contributed by atoms with Crippen molar-refractivity contribution in [1.82, 2.24) is 15.5 Å². The van der Waals surface area contributed by atoms with Crippen LogP contribution in [-0.4, -0.2) is 30.9 Å². The zero-order chi connectivity index (χ0) is 14.2. The second kappa shape index (κ2) is 4.99. The first-order chi connectivity index (χ1) is 9.52. The number of benzene rings is 1. The number of hydrogen-bond donors (Lipinski definition) is 1. The van der Waals surface area contributed by atoms with Crippen LogP contribution < -0.4 is 5.32 Å². The highest BCUT2D eigenvalue weighted by molar-refractivity contribution is 7.90. The maximum absolute atomic E-state index is 11.5. The van der Waals surface area contributed by atoms with E-state index in [0.717, 1.165) is 0 Å². The van der Waals surface area contributed by atoms with E-state index < -0.39 is 9.84 Å². The highest BCUT2D eigenvalue weighted by atomic mass is 32.2. The van der Waals surface area contributed by atoms with Gasteiger partial charge in [-0.1, -0.05) is 6.07 Å². The molecule has 0 aliphatic heterocycles. The highest BCUT2D eigenvalue weighted by Crippen LogP contribution is 2.22. The number of nitrogens with one attached hydrogen (secondary N) is 1. The number of rotatable bonds is 5. The minimum atomic E-state index is -3.24. The lowest BCUT2D eigenvalue weighted by molar-refractivity contribution is 0.476. The molecule has 1 aromatic heterocycles. The lowest BCUT2D eigenvalue weighted by Crippen LogP contribution is -2.15. The SMILES string of the molecule is CS(=O)(=O)c1cccc(-c2nnc(CNC3CC3)o2)c1. The van der Waals surface area contributed by atoms with Crippen molar-refractivity contribution < 1.29 is 12.8 Å². The molecule has 106 valence electrons. The molecule has 1 aliphatic rings. The van der Waals surface area contributed by atoms with Crippen LogP contribution in [0, 0.1) is 0 Å². The average molecular weight is 293 g/mol. The number of sulfone groups is 1. The molecular formula is C13H15N3O3S. The maximum Gasteiger partial charge on any atom is 0.247 e. The van der Waals surface area contributed by atoms with Crippen LogP contribution in [0.2, 0.25) is 0 Å². The molecule has 20 heavy (non-hydrogen) atoms. The van der Waals surface area contributed by atoms with Gasteiger partial charge >= 0.3 is 0 Å². The minimum absolute atomic E-state index is 0.242. The van der Waals surface area contributed by atoms with Crippen LogP contribution in [0.25, 0.3) is 11.5 Å². The van der Waals surface area contributed by atoms with Gasteiger partial charge in [-0.3, -0.25) is 0 Å². The van der Waals surface area contributed by atoms with E-state index >= 15 is 0 Å². The van der Waals surface area contributed by atoms with E-state index in [4.69, 9.17) is 4.42 Å². The molecule has 2 aromatic rings. The minimum Gasteiger partial charge on any atom is -0.419 e. The van der Waals surface area contributed by atoms with Gasteiger partial charge in [0.2, 0.25) is 11.8 Å². The van der Waals surface area contributed by atoms with Gasteiger partial charge in [0.05, 0.1) is 11.4 Å². The van der Waals surface area contributed by atoms with Crippen molar-refractivity contribution in [3.8, 4) is 11.5 Å². The smallest absolute Gasteiger partial charge is 0.247 e. The van der Waals surface area contributed by atoms with Gasteiger partial charge in [-0.05, 0) is 31.0 Å². The van der Waals surface area contributed by atoms with E-state index in [1.165, 1.54) is 19.1 Å². The van der Waals surface area contributed by atoms with Crippen molar-refractivity contribution in [1.29, 1.82) is 0 Å². The van der Waals surface area contributed by atoms with E-state index in [9.17, 15) is 8.42 Å². The summed E-state index contributed by atoms with van der Waals surface area (Å²) in [6, 6.07) is 7.07. The standard InChI is InChI=1S/C13H15N3O3S/c1-20(17,18)11-4-2-3-9(7-11)13-16-15-12(19-13)8-14-10-5-6-10/h2-4,7,10,14H,5-6,8H2,1H3. The topological polar surface area (TPSA) is 85.1 Å². The van der Waals surface area contributed by atoms with Crippen LogP contribution >= 0.6 is 0 Å². The van der Waals surface area contributed by atoms with Gasteiger partial charge < -0.3 is 9.73 Å². The molecule has 0 saturated heterocycles. The van der Waals surface area contributed by atoms with Crippen LogP contribution in [0.15, 0.2) is 33.6 Å². The zero-order valence-electron chi connectivity index (χ0n) is 11.0. The van der Waals surface area contributed by atoms with Gasteiger partial charge in [0, 0.05) is 17.9 Å². The number of aromatic nitrogens is 2. The fourth-order valence-electron chi connectivity index (χ4n) is 1.82. The largest absolute Gasteiger partial charge is 0.419 e. The van der Waals surface area contributed by atoms with Crippen LogP contribution in [0.3, 0.4) is 0 Å². The Labute approximate surface area is 117 Å². The van der Waals surface area contributed by atoms with Crippen LogP contribution in [0.1, 0.15) is 18.7 Å². The Balaban J connectivity index is 1.81. The van der Waals surface area contributed by atoms with E-state index in [1.54, 1.807) is 24.3 Å². The Kier molecular flexibility index (Phi) is 3.31. The third-order valence-corrected chi connectivity index (χ3v) is 4.21. The van der Waals surface area contributed by atoms with Gasteiger partial charge in [-0.2, -0.15) is 0 Å². The molecule has 0 unspecified atom stereocenters. The molecule has 6 nitrogen and oxygen atoms in total. The van der Waals surface area contributed by atoms with E-state index in [2.05, 4.69) is 15.5 Å². The van der Waals surface area contributed by atoms with Crippen molar-refractivity contribution in [2.75, 3.05) is 6.26 Å². The summed E-state index contributed by atoms with van der Waals surface area (Å²) in [5, 5.41) is 11.2. The van der Waals surface area contributed by atoms with E-state index in [-0.39, 0.29) is 4.90 Å².